The summed E-state index contributed by atoms with van der Waals surface area (Å²) in [7, 11) is -0.0478. The summed E-state index contributed by atoms with van der Waals surface area (Å²) in [5.41, 5.74) is 6.13. The summed E-state index contributed by atoms with van der Waals surface area (Å²) >= 11 is 0. The summed E-state index contributed by atoms with van der Waals surface area (Å²) in [5, 5.41) is 0. The Labute approximate surface area is 126 Å². The van der Waals surface area contributed by atoms with E-state index in [1.165, 1.54) is 25.7 Å². The zero-order valence-electron chi connectivity index (χ0n) is 12.5. The first-order valence-electron chi connectivity index (χ1n) is 7.07. The fourth-order valence-electron chi connectivity index (χ4n) is 2.55. The van der Waals surface area contributed by atoms with Gasteiger partial charge in [-0.05, 0) is 38.6 Å². The number of likely N-dealkylation sites (N-methyl/N-ethyl adjacent to an activating group) is 1. The Morgan fingerprint density at radius 2 is 2.19 bits per heavy atom. The summed E-state index contributed by atoms with van der Waals surface area (Å²) in [6, 6.07) is 4.73. The Balaban J connectivity index is 2.07. The van der Waals surface area contributed by atoms with Gasteiger partial charge in [0.15, 0.2) is 0 Å². The standard InChI is InChI=1S/C14H23N3O3S/c1-17-8-4-3-5-11(17)10-16-21(18,19)12-6-7-13(15)14(9-12)20-2/h6-7,9,11,16H,3-5,8,10,15H2,1-2H3. The number of hydrogen-bond donors (Lipinski definition) is 2. The summed E-state index contributed by atoms with van der Waals surface area (Å²) in [5.74, 6) is 0.368. The van der Waals surface area contributed by atoms with Gasteiger partial charge in [-0.2, -0.15) is 0 Å². The molecule has 118 valence electrons. The van der Waals surface area contributed by atoms with Crippen molar-refractivity contribution in [1.29, 1.82) is 0 Å². The average molecular weight is 313 g/mol. The van der Waals surface area contributed by atoms with Gasteiger partial charge >= 0.3 is 0 Å². The number of ether oxygens (including phenoxy) is 1. The van der Waals surface area contributed by atoms with Crippen LogP contribution in [0.15, 0.2) is 23.1 Å². The maximum atomic E-state index is 12.3. The highest BCUT2D eigenvalue weighted by atomic mass is 32.2. The molecule has 0 amide bonds. The molecule has 0 bridgehead atoms. The second-order valence-electron chi connectivity index (χ2n) is 5.39. The van der Waals surface area contributed by atoms with Crippen molar-refractivity contribution in [1.82, 2.24) is 9.62 Å². The molecular formula is C14H23N3O3S. The van der Waals surface area contributed by atoms with Crippen molar-refractivity contribution in [2.24, 2.45) is 0 Å². The Hall–Kier alpha value is -1.31. The Morgan fingerprint density at radius 3 is 2.86 bits per heavy atom. The smallest absolute Gasteiger partial charge is 0.240 e. The van der Waals surface area contributed by atoms with Gasteiger partial charge in [-0.1, -0.05) is 6.42 Å². The number of nitrogens with two attached hydrogens (primary N) is 1. The maximum Gasteiger partial charge on any atom is 0.240 e. The summed E-state index contributed by atoms with van der Waals surface area (Å²) in [6.07, 6.45) is 3.34. The number of hydrogen-bond acceptors (Lipinski definition) is 5. The molecule has 1 atom stereocenters. The number of sulfonamides is 1. The van der Waals surface area contributed by atoms with E-state index in [9.17, 15) is 8.42 Å². The number of nitrogens with one attached hydrogen (secondary N) is 1. The van der Waals surface area contributed by atoms with Gasteiger partial charge < -0.3 is 15.4 Å². The number of anilines is 1. The van der Waals surface area contributed by atoms with Gasteiger partial charge in [0, 0.05) is 18.7 Å². The molecule has 0 aliphatic carbocycles. The van der Waals surface area contributed by atoms with E-state index in [1.807, 2.05) is 7.05 Å². The second-order valence-corrected chi connectivity index (χ2v) is 7.15. The number of rotatable bonds is 5. The molecule has 1 heterocycles. The van der Waals surface area contributed by atoms with Gasteiger partial charge in [-0.15, -0.1) is 0 Å². The van der Waals surface area contributed by atoms with Crippen LogP contribution in [0.25, 0.3) is 0 Å². The number of nitrogens with zero attached hydrogens (tertiary/aromatic N) is 1. The first kappa shape index (κ1) is 16.1. The molecule has 6 nitrogen and oxygen atoms in total. The third kappa shape index (κ3) is 3.87. The normalized spacial score (nSPS) is 20.4. The Bertz CT molecular complexity index is 589. The largest absolute Gasteiger partial charge is 0.495 e. The molecule has 3 N–H and O–H groups in total. The zero-order valence-corrected chi connectivity index (χ0v) is 13.3. The third-order valence-corrected chi connectivity index (χ3v) is 5.37. The lowest BCUT2D eigenvalue weighted by Gasteiger charge is -2.32. The lowest BCUT2D eigenvalue weighted by atomic mass is 10.0. The molecule has 1 aromatic carbocycles. The monoisotopic (exact) mass is 313 g/mol. The fourth-order valence-corrected chi connectivity index (χ4v) is 3.64. The van der Waals surface area contributed by atoms with Crippen LogP contribution in [0.2, 0.25) is 0 Å². The topological polar surface area (TPSA) is 84.7 Å². The predicted molar refractivity (Wildman–Crippen MR) is 82.9 cm³/mol. The van der Waals surface area contributed by atoms with Crippen molar-refractivity contribution in [3.63, 3.8) is 0 Å². The van der Waals surface area contributed by atoms with Crippen LogP contribution in [0.4, 0.5) is 5.69 Å². The Kier molecular flexibility index (Phi) is 5.08. The molecule has 1 aliphatic heterocycles. The van der Waals surface area contributed by atoms with Gasteiger partial charge in [0.1, 0.15) is 5.75 Å². The van der Waals surface area contributed by atoms with Gasteiger partial charge in [0.25, 0.3) is 0 Å². The van der Waals surface area contributed by atoms with Crippen LogP contribution < -0.4 is 15.2 Å². The van der Waals surface area contributed by atoms with Crippen LogP contribution in [0.5, 0.6) is 5.75 Å². The molecule has 7 heteroatoms. The number of methoxy groups -OCH3 is 1. The molecule has 1 fully saturated rings. The van der Waals surface area contributed by atoms with E-state index >= 15 is 0 Å². The van der Waals surface area contributed by atoms with Crippen LogP contribution in [-0.4, -0.2) is 46.6 Å². The van der Waals surface area contributed by atoms with Crippen molar-refractivity contribution >= 4 is 15.7 Å². The van der Waals surface area contributed by atoms with Crippen LogP contribution in [0, 0.1) is 0 Å². The summed E-state index contributed by atoms with van der Waals surface area (Å²) < 4.78 is 32.4. The molecule has 0 spiro atoms. The van der Waals surface area contributed by atoms with Gasteiger partial charge in [-0.3, -0.25) is 0 Å². The minimum Gasteiger partial charge on any atom is -0.495 e. The van der Waals surface area contributed by atoms with Gasteiger partial charge in [-0.25, -0.2) is 13.1 Å². The first-order chi connectivity index (χ1) is 9.94. The molecule has 1 aliphatic rings. The van der Waals surface area contributed by atoms with Crippen molar-refractivity contribution in [2.45, 2.75) is 30.2 Å². The molecule has 0 aromatic heterocycles. The molecule has 21 heavy (non-hydrogen) atoms. The molecule has 1 unspecified atom stereocenters. The quantitative estimate of drug-likeness (QED) is 0.794. The zero-order chi connectivity index (χ0) is 15.5. The van der Waals surface area contributed by atoms with Crippen molar-refractivity contribution < 1.29 is 13.2 Å². The van der Waals surface area contributed by atoms with Crippen LogP contribution in [-0.2, 0) is 10.0 Å². The fraction of sp³-hybridized carbons (Fsp3) is 0.571. The first-order valence-corrected chi connectivity index (χ1v) is 8.56. The predicted octanol–water partition coefficient (Wildman–Crippen LogP) is 1.04. The molecule has 1 aromatic rings. The molecule has 2 rings (SSSR count). The molecule has 0 saturated carbocycles. The Morgan fingerprint density at radius 1 is 1.43 bits per heavy atom. The number of piperidine rings is 1. The van der Waals surface area contributed by atoms with Crippen molar-refractivity contribution in [3.05, 3.63) is 18.2 Å². The molecule has 0 radical (unpaired) electrons. The lowest BCUT2D eigenvalue weighted by molar-refractivity contribution is 0.187. The van der Waals surface area contributed by atoms with Gasteiger partial charge in [0.2, 0.25) is 10.0 Å². The highest BCUT2D eigenvalue weighted by Crippen LogP contribution is 2.24. The van der Waals surface area contributed by atoms with E-state index in [2.05, 4.69) is 9.62 Å². The molecular weight excluding hydrogens is 290 g/mol. The second kappa shape index (κ2) is 6.64. The minimum atomic E-state index is -3.54. The highest BCUT2D eigenvalue weighted by molar-refractivity contribution is 7.89. The minimum absolute atomic E-state index is 0.173. The van der Waals surface area contributed by atoms with Crippen molar-refractivity contribution in [3.8, 4) is 5.75 Å². The number of benzene rings is 1. The number of nitrogen functional groups attached to an aromatic ring is 1. The van der Waals surface area contributed by atoms with E-state index in [4.69, 9.17) is 10.5 Å². The van der Waals surface area contributed by atoms with E-state index < -0.39 is 10.0 Å². The van der Waals surface area contributed by atoms with Crippen LogP contribution >= 0.6 is 0 Å². The summed E-state index contributed by atoms with van der Waals surface area (Å²) in [4.78, 5) is 2.38. The van der Waals surface area contributed by atoms with Gasteiger partial charge in [0.05, 0.1) is 17.7 Å². The maximum absolute atomic E-state index is 12.3. The summed E-state index contributed by atoms with van der Waals surface area (Å²) in [6.45, 7) is 1.44. The van der Waals surface area contributed by atoms with Crippen LogP contribution in [0.3, 0.4) is 0 Å². The third-order valence-electron chi connectivity index (χ3n) is 3.95. The van der Waals surface area contributed by atoms with E-state index in [0.717, 1.165) is 19.4 Å². The average Bonchev–Trinajstić information content (AvgIpc) is 2.46. The van der Waals surface area contributed by atoms with Crippen LogP contribution in [0.1, 0.15) is 19.3 Å². The SMILES string of the molecule is COc1cc(S(=O)(=O)NCC2CCCCN2C)ccc1N. The molecule has 1 saturated heterocycles. The lowest BCUT2D eigenvalue weighted by Crippen LogP contribution is -2.44. The highest BCUT2D eigenvalue weighted by Gasteiger charge is 2.22. The van der Waals surface area contributed by atoms with Crippen molar-refractivity contribution in [2.75, 3.05) is 33.0 Å². The van der Waals surface area contributed by atoms with E-state index in [1.54, 1.807) is 6.07 Å². The van der Waals surface area contributed by atoms with E-state index in [-0.39, 0.29) is 10.9 Å². The van der Waals surface area contributed by atoms with E-state index in [0.29, 0.717) is 18.0 Å². The number of likely N-dealkylation sites (tertiary alicyclic amines) is 1.